The van der Waals surface area contributed by atoms with Crippen molar-refractivity contribution >= 4 is 16.7 Å². The van der Waals surface area contributed by atoms with Crippen molar-refractivity contribution in [2.24, 2.45) is 0 Å². The highest BCUT2D eigenvalue weighted by molar-refractivity contribution is 5.97. The molecule has 0 saturated carbocycles. The minimum atomic E-state index is 0.183. The lowest BCUT2D eigenvalue weighted by atomic mass is 9.97. The van der Waals surface area contributed by atoms with Crippen LogP contribution in [-0.4, -0.2) is 9.97 Å². The zero-order valence-corrected chi connectivity index (χ0v) is 12.6. The SMILES string of the molecule is N#Cc1c(-c2ccnc3ccccc23)cc(-c2ccco2)nc1N. The van der Waals surface area contributed by atoms with Crippen LogP contribution in [0.1, 0.15) is 5.56 Å². The molecule has 0 fully saturated rings. The molecular formula is C19H12N4O. The number of furan rings is 1. The fourth-order valence-corrected chi connectivity index (χ4v) is 2.78. The average molecular weight is 312 g/mol. The monoisotopic (exact) mass is 312 g/mol. The molecule has 0 spiro atoms. The number of fused-ring (bicyclic) bond motifs is 1. The van der Waals surface area contributed by atoms with E-state index >= 15 is 0 Å². The van der Waals surface area contributed by atoms with E-state index in [1.165, 1.54) is 0 Å². The van der Waals surface area contributed by atoms with Gasteiger partial charge in [-0.2, -0.15) is 5.26 Å². The summed E-state index contributed by atoms with van der Waals surface area (Å²) in [4.78, 5) is 8.67. The summed E-state index contributed by atoms with van der Waals surface area (Å²) in [5.74, 6) is 0.785. The highest BCUT2D eigenvalue weighted by Crippen LogP contribution is 2.34. The summed E-state index contributed by atoms with van der Waals surface area (Å²) in [6.45, 7) is 0. The lowest BCUT2D eigenvalue weighted by Gasteiger charge is -2.11. The summed E-state index contributed by atoms with van der Waals surface area (Å²) in [6.07, 6.45) is 3.30. The third-order valence-electron chi connectivity index (χ3n) is 3.87. The summed E-state index contributed by atoms with van der Waals surface area (Å²) in [5, 5.41) is 10.5. The van der Waals surface area contributed by atoms with Crippen LogP contribution in [0.15, 0.2) is 65.4 Å². The molecule has 0 aliphatic rings. The van der Waals surface area contributed by atoms with E-state index in [-0.39, 0.29) is 5.82 Å². The molecule has 5 heteroatoms. The van der Waals surface area contributed by atoms with Crippen LogP contribution in [0.25, 0.3) is 33.5 Å². The number of anilines is 1. The molecule has 2 N–H and O–H groups in total. The molecule has 4 aromatic rings. The Labute approximate surface area is 138 Å². The van der Waals surface area contributed by atoms with Crippen LogP contribution in [-0.2, 0) is 0 Å². The maximum atomic E-state index is 9.55. The van der Waals surface area contributed by atoms with Gasteiger partial charge in [-0.15, -0.1) is 0 Å². The summed E-state index contributed by atoms with van der Waals surface area (Å²) in [7, 11) is 0. The van der Waals surface area contributed by atoms with Gasteiger partial charge in [0.05, 0.1) is 11.8 Å². The van der Waals surface area contributed by atoms with E-state index < -0.39 is 0 Å². The first-order valence-electron chi connectivity index (χ1n) is 7.36. The highest BCUT2D eigenvalue weighted by Gasteiger charge is 2.16. The number of hydrogen-bond donors (Lipinski definition) is 1. The van der Waals surface area contributed by atoms with Crippen molar-refractivity contribution in [1.82, 2.24) is 9.97 Å². The van der Waals surface area contributed by atoms with Crippen molar-refractivity contribution in [3.8, 4) is 28.7 Å². The third kappa shape index (κ3) is 2.18. The van der Waals surface area contributed by atoms with Gasteiger partial charge in [0.1, 0.15) is 23.1 Å². The molecule has 3 heterocycles. The zero-order valence-electron chi connectivity index (χ0n) is 12.6. The standard InChI is InChI=1S/C19H12N4O/c20-11-15-14(10-17(23-19(15)21)18-6-3-9-24-18)12-7-8-22-16-5-2-1-4-13(12)16/h1-10H,(H2,21,23). The third-order valence-corrected chi connectivity index (χ3v) is 3.87. The van der Waals surface area contributed by atoms with Crippen LogP contribution in [0.4, 0.5) is 5.82 Å². The van der Waals surface area contributed by atoms with E-state index in [1.807, 2.05) is 42.5 Å². The molecule has 0 aliphatic carbocycles. The van der Waals surface area contributed by atoms with Crippen molar-refractivity contribution in [3.05, 3.63) is 66.6 Å². The largest absolute Gasteiger partial charge is 0.463 e. The molecule has 0 bridgehead atoms. The number of nitrogen functional groups attached to an aromatic ring is 1. The fourth-order valence-electron chi connectivity index (χ4n) is 2.78. The van der Waals surface area contributed by atoms with Gasteiger partial charge in [-0.05, 0) is 35.9 Å². The van der Waals surface area contributed by atoms with Crippen LogP contribution < -0.4 is 5.73 Å². The lowest BCUT2D eigenvalue weighted by molar-refractivity contribution is 0.580. The van der Waals surface area contributed by atoms with Crippen LogP contribution in [0.5, 0.6) is 0 Å². The van der Waals surface area contributed by atoms with Crippen molar-refractivity contribution in [2.75, 3.05) is 5.73 Å². The molecule has 0 aliphatic heterocycles. The molecule has 3 aromatic heterocycles. The van der Waals surface area contributed by atoms with Gasteiger partial charge in [0.2, 0.25) is 0 Å². The summed E-state index contributed by atoms with van der Waals surface area (Å²) in [6, 6.07) is 17.2. The number of benzene rings is 1. The number of nitrogens with two attached hydrogens (primary N) is 1. The van der Waals surface area contributed by atoms with E-state index in [4.69, 9.17) is 10.2 Å². The van der Waals surface area contributed by atoms with Crippen LogP contribution in [0.3, 0.4) is 0 Å². The predicted molar refractivity (Wildman–Crippen MR) is 91.8 cm³/mol. The second kappa shape index (κ2) is 5.52. The molecule has 114 valence electrons. The Bertz CT molecular complexity index is 1070. The fraction of sp³-hybridized carbons (Fsp3) is 0. The molecule has 0 radical (unpaired) electrons. The van der Waals surface area contributed by atoms with E-state index in [9.17, 15) is 5.26 Å². The van der Waals surface area contributed by atoms with Crippen molar-refractivity contribution in [3.63, 3.8) is 0 Å². The second-order valence-electron chi connectivity index (χ2n) is 5.28. The smallest absolute Gasteiger partial charge is 0.152 e. The Morgan fingerprint density at radius 2 is 1.92 bits per heavy atom. The zero-order chi connectivity index (χ0) is 16.5. The van der Waals surface area contributed by atoms with Crippen LogP contribution in [0, 0.1) is 11.3 Å². The maximum absolute atomic E-state index is 9.55. The van der Waals surface area contributed by atoms with Crippen LogP contribution >= 0.6 is 0 Å². The van der Waals surface area contributed by atoms with Crippen molar-refractivity contribution < 1.29 is 4.42 Å². The van der Waals surface area contributed by atoms with E-state index in [0.717, 1.165) is 22.0 Å². The van der Waals surface area contributed by atoms with E-state index in [0.29, 0.717) is 17.0 Å². The maximum Gasteiger partial charge on any atom is 0.152 e. The van der Waals surface area contributed by atoms with Gasteiger partial charge in [0.15, 0.2) is 5.76 Å². The second-order valence-corrected chi connectivity index (χ2v) is 5.28. The molecular weight excluding hydrogens is 300 g/mol. The molecule has 0 atom stereocenters. The number of para-hydroxylation sites is 1. The van der Waals surface area contributed by atoms with Gasteiger partial charge in [0, 0.05) is 17.1 Å². The number of pyridine rings is 2. The number of nitrogens with zero attached hydrogens (tertiary/aromatic N) is 3. The highest BCUT2D eigenvalue weighted by atomic mass is 16.3. The normalized spacial score (nSPS) is 10.6. The van der Waals surface area contributed by atoms with Gasteiger partial charge >= 0.3 is 0 Å². The van der Waals surface area contributed by atoms with E-state index in [1.54, 1.807) is 18.5 Å². The van der Waals surface area contributed by atoms with Gasteiger partial charge in [-0.25, -0.2) is 4.98 Å². The Balaban J connectivity index is 2.05. The molecule has 1 aromatic carbocycles. The molecule has 5 nitrogen and oxygen atoms in total. The summed E-state index contributed by atoms with van der Waals surface area (Å²) >= 11 is 0. The van der Waals surface area contributed by atoms with E-state index in [2.05, 4.69) is 16.0 Å². The number of nitriles is 1. The minimum Gasteiger partial charge on any atom is -0.463 e. The Morgan fingerprint density at radius 3 is 2.71 bits per heavy atom. The Kier molecular flexibility index (Phi) is 3.22. The molecule has 0 unspecified atom stereocenters. The van der Waals surface area contributed by atoms with Gasteiger partial charge in [0.25, 0.3) is 0 Å². The topological polar surface area (TPSA) is 88.7 Å². The first-order valence-corrected chi connectivity index (χ1v) is 7.36. The van der Waals surface area contributed by atoms with Crippen molar-refractivity contribution in [2.45, 2.75) is 0 Å². The Morgan fingerprint density at radius 1 is 1.04 bits per heavy atom. The van der Waals surface area contributed by atoms with Crippen molar-refractivity contribution in [1.29, 1.82) is 5.26 Å². The van der Waals surface area contributed by atoms with Gasteiger partial charge in [-0.3, -0.25) is 4.98 Å². The first kappa shape index (κ1) is 14.0. The summed E-state index contributed by atoms with van der Waals surface area (Å²) < 4.78 is 5.41. The van der Waals surface area contributed by atoms with Gasteiger partial charge in [-0.1, -0.05) is 18.2 Å². The average Bonchev–Trinajstić information content (AvgIpc) is 3.15. The van der Waals surface area contributed by atoms with Gasteiger partial charge < -0.3 is 10.2 Å². The predicted octanol–water partition coefficient (Wildman–Crippen LogP) is 4.01. The first-order chi connectivity index (χ1) is 11.8. The quantitative estimate of drug-likeness (QED) is 0.604. The summed E-state index contributed by atoms with van der Waals surface area (Å²) in [5.41, 5.74) is 9.43. The Hall–Kier alpha value is -3.65. The van der Waals surface area contributed by atoms with Crippen LogP contribution in [0.2, 0.25) is 0 Å². The molecule has 24 heavy (non-hydrogen) atoms. The minimum absolute atomic E-state index is 0.183. The number of rotatable bonds is 2. The number of hydrogen-bond acceptors (Lipinski definition) is 5. The number of aromatic nitrogens is 2. The molecule has 0 amide bonds. The molecule has 0 saturated heterocycles. The molecule has 4 rings (SSSR count). The lowest BCUT2D eigenvalue weighted by Crippen LogP contribution is -2.00.